The topological polar surface area (TPSA) is 35.2 Å². The molecular formula is C17H29NO. The van der Waals surface area contributed by atoms with Crippen LogP contribution in [0.3, 0.4) is 0 Å². The van der Waals surface area contributed by atoms with Crippen LogP contribution in [0.4, 0.5) is 0 Å². The zero-order chi connectivity index (χ0) is 14.4. The van der Waals surface area contributed by atoms with Crippen LogP contribution in [0.15, 0.2) is 12.1 Å². The molecular weight excluding hydrogens is 234 g/mol. The molecule has 1 aromatic rings. The molecule has 0 aliphatic rings. The lowest BCUT2D eigenvalue weighted by atomic mass is 9.88. The zero-order valence-corrected chi connectivity index (χ0v) is 13.1. The van der Waals surface area contributed by atoms with Crippen LogP contribution in [0.1, 0.15) is 69.1 Å². The van der Waals surface area contributed by atoms with Gasteiger partial charge >= 0.3 is 0 Å². The van der Waals surface area contributed by atoms with Crippen LogP contribution < -0.4 is 10.5 Å². The number of methoxy groups -OCH3 is 1. The second-order valence-corrected chi connectivity index (χ2v) is 5.81. The summed E-state index contributed by atoms with van der Waals surface area (Å²) in [6.07, 6.45) is 3.27. The minimum atomic E-state index is 0.490. The minimum Gasteiger partial charge on any atom is -0.496 e. The van der Waals surface area contributed by atoms with E-state index in [1.54, 1.807) is 7.11 Å². The molecule has 19 heavy (non-hydrogen) atoms. The monoisotopic (exact) mass is 263 g/mol. The van der Waals surface area contributed by atoms with Crippen LogP contribution >= 0.6 is 0 Å². The molecule has 108 valence electrons. The Morgan fingerprint density at radius 3 is 2.05 bits per heavy atom. The predicted molar refractivity (Wildman–Crippen MR) is 83.2 cm³/mol. The Labute approximate surface area is 118 Å². The van der Waals surface area contributed by atoms with Gasteiger partial charge in [-0.1, -0.05) is 39.8 Å². The van der Waals surface area contributed by atoms with Gasteiger partial charge in [-0.2, -0.15) is 0 Å². The fraction of sp³-hybridized carbons (Fsp3) is 0.647. The average molecular weight is 263 g/mol. The standard InChI is InChI=1S/C17H29NO/c1-12(2)14-9-10-15(13(3)4)17(19-5)16(14)8-6-7-11-18/h9-10,12-13H,6-8,11,18H2,1-5H3. The number of hydrogen-bond donors (Lipinski definition) is 1. The maximum Gasteiger partial charge on any atom is 0.125 e. The van der Waals surface area contributed by atoms with Crippen molar-refractivity contribution in [2.24, 2.45) is 5.73 Å². The van der Waals surface area contributed by atoms with E-state index in [1.807, 2.05) is 0 Å². The summed E-state index contributed by atoms with van der Waals surface area (Å²) >= 11 is 0. The van der Waals surface area contributed by atoms with Crippen molar-refractivity contribution in [3.63, 3.8) is 0 Å². The molecule has 1 aromatic carbocycles. The molecule has 1 rings (SSSR count). The summed E-state index contributed by atoms with van der Waals surface area (Å²) in [5.74, 6) is 2.12. The Balaban J connectivity index is 3.20. The highest BCUT2D eigenvalue weighted by atomic mass is 16.5. The summed E-state index contributed by atoms with van der Waals surface area (Å²) in [6.45, 7) is 9.70. The van der Waals surface area contributed by atoms with Gasteiger partial charge in [0.2, 0.25) is 0 Å². The number of benzene rings is 1. The van der Waals surface area contributed by atoms with Gasteiger partial charge in [0.1, 0.15) is 5.75 Å². The molecule has 0 atom stereocenters. The highest BCUT2D eigenvalue weighted by Gasteiger charge is 2.17. The molecule has 2 heteroatoms. The molecule has 0 aromatic heterocycles. The first-order valence-electron chi connectivity index (χ1n) is 7.42. The van der Waals surface area contributed by atoms with Gasteiger partial charge in [-0.3, -0.25) is 0 Å². The third-order valence-electron chi connectivity index (χ3n) is 3.66. The van der Waals surface area contributed by atoms with Crippen LogP contribution in [0.2, 0.25) is 0 Å². The lowest BCUT2D eigenvalue weighted by molar-refractivity contribution is 0.400. The average Bonchev–Trinajstić information content (AvgIpc) is 2.37. The van der Waals surface area contributed by atoms with E-state index in [1.165, 1.54) is 16.7 Å². The van der Waals surface area contributed by atoms with E-state index in [0.717, 1.165) is 31.6 Å². The van der Waals surface area contributed by atoms with Gasteiger partial charge < -0.3 is 10.5 Å². The van der Waals surface area contributed by atoms with E-state index >= 15 is 0 Å². The fourth-order valence-corrected chi connectivity index (χ4v) is 2.60. The van der Waals surface area contributed by atoms with Crippen molar-refractivity contribution in [3.8, 4) is 5.75 Å². The molecule has 0 radical (unpaired) electrons. The van der Waals surface area contributed by atoms with E-state index in [-0.39, 0.29) is 0 Å². The van der Waals surface area contributed by atoms with Crippen LogP contribution in [0, 0.1) is 0 Å². The van der Waals surface area contributed by atoms with Gasteiger partial charge in [-0.25, -0.2) is 0 Å². The van der Waals surface area contributed by atoms with Gasteiger partial charge in [0, 0.05) is 0 Å². The smallest absolute Gasteiger partial charge is 0.125 e. The SMILES string of the molecule is COc1c(C(C)C)ccc(C(C)C)c1CCCCN. The second kappa shape index (κ2) is 7.54. The molecule has 0 heterocycles. The summed E-state index contributed by atoms with van der Waals surface area (Å²) in [5.41, 5.74) is 9.72. The third-order valence-corrected chi connectivity index (χ3v) is 3.66. The van der Waals surface area contributed by atoms with Gasteiger partial charge in [0.05, 0.1) is 7.11 Å². The number of nitrogens with two attached hydrogens (primary N) is 1. The van der Waals surface area contributed by atoms with Crippen molar-refractivity contribution in [2.75, 3.05) is 13.7 Å². The van der Waals surface area contributed by atoms with E-state index in [2.05, 4.69) is 39.8 Å². The van der Waals surface area contributed by atoms with Crippen molar-refractivity contribution in [3.05, 3.63) is 28.8 Å². The highest BCUT2D eigenvalue weighted by molar-refractivity contribution is 5.49. The maximum absolute atomic E-state index is 5.73. The lowest BCUT2D eigenvalue weighted by Gasteiger charge is -2.21. The Hall–Kier alpha value is -1.02. The van der Waals surface area contributed by atoms with Crippen molar-refractivity contribution in [1.29, 1.82) is 0 Å². The Morgan fingerprint density at radius 2 is 1.58 bits per heavy atom. The van der Waals surface area contributed by atoms with Crippen LogP contribution in [0.5, 0.6) is 5.75 Å². The van der Waals surface area contributed by atoms with Gasteiger partial charge in [0.15, 0.2) is 0 Å². The molecule has 0 spiro atoms. The highest BCUT2D eigenvalue weighted by Crippen LogP contribution is 2.36. The summed E-state index contributed by atoms with van der Waals surface area (Å²) in [6, 6.07) is 4.51. The van der Waals surface area contributed by atoms with Crippen molar-refractivity contribution >= 4 is 0 Å². The van der Waals surface area contributed by atoms with Crippen LogP contribution in [0.25, 0.3) is 0 Å². The Kier molecular flexibility index (Phi) is 6.36. The quantitative estimate of drug-likeness (QED) is 0.747. The van der Waals surface area contributed by atoms with Crippen molar-refractivity contribution in [1.82, 2.24) is 0 Å². The first-order chi connectivity index (χ1) is 9.02. The largest absolute Gasteiger partial charge is 0.496 e. The molecule has 0 bridgehead atoms. The summed E-state index contributed by atoms with van der Waals surface area (Å²) in [7, 11) is 1.79. The first-order valence-corrected chi connectivity index (χ1v) is 7.42. The van der Waals surface area contributed by atoms with Gasteiger partial charge in [-0.05, 0) is 54.3 Å². The molecule has 0 aliphatic carbocycles. The molecule has 0 amide bonds. The summed E-state index contributed by atoms with van der Waals surface area (Å²) < 4.78 is 5.73. The number of unbranched alkanes of at least 4 members (excludes halogenated alkanes) is 1. The van der Waals surface area contributed by atoms with E-state index in [0.29, 0.717) is 11.8 Å². The zero-order valence-electron chi connectivity index (χ0n) is 13.1. The van der Waals surface area contributed by atoms with Crippen LogP contribution in [-0.4, -0.2) is 13.7 Å². The lowest BCUT2D eigenvalue weighted by Crippen LogP contribution is -2.06. The fourth-order valence-electron chi connectivity index (χ4n) is 2.60. The van der Waals surface area contributed by atoms with E-state index in [4.69, 9.17) is 10.5 Å². The van der Waals surface area contributed by atoms with Crippen molar-refractivity contribution in [2.45, 2.75) is 58.8 Å². The van der Waals surface area contributed by atoms with E-state index < -0.39 is 0 Å². The molecule has 2 N–H and O–H groups in total. The van der Waals surface area contributed by atoms with Crippen LogP contribution in [-0.2, 0) is 6.42 Å². The summed E-state index contributed by atoms with van der Waals surface area (Å²) in [4.78, 5) is 0. The normalized spacial score (nSPS) is 11.4. The van der Waals surface area contributed by atoms with E-state index in [9.17, 15) is 0 Å². The number of ether oxygens (including phenoxy) is 1. The number of hydrogen-bond acceptors (Lipinski definition) is 2. The Bertz CT molecular complexity index is 396. The van der Waals surface area contributed by atoms with Gasteiger partial charge in [0.25, 0.3) is 0 Å². The second-order valence-electron chi connectivity index (χ2n) is 5.81. The predicted octanol–water partition coefficient (Wildman–Crippen LogP) is 4.22. The third kappa shape index (κ3) is 3.97. The Morgan fingerprint density at radius 1 is 1.00 bits per heavy atom. The maximum atomic E-state index is 5.73. The minimum absolute atomic E-state index is 0.490. The molecule has 2 nitrogen and oxygen atoms in total. The molecule has 0 fully saturated rings. The molecule has 0 saturated heterocycles. The van der Waals surface area contributed by atoms with Gasteiger partial charge in [-0.15, -0.1) is 0 Å². The molecule has 0 unspecified atom stereocenters. The number of rotatable bonds is 7. The summed E-state index contributed by atoms with van der Waals surface area (Å²) in [5, 5.41) is 0. The molecule has 0 aliphatic heterocycles. The van der Waals surface area contributed by atoms with Crippen molar-refractivity contribution < 1.29 is 4.74 Å². The first kappa shape index (κ1) is 16.0. The molecule has 0 saturated carbocycles.